The Balaban J connectivity index is 2.92. The molecule has 1 aliphatic rings. The minimum atomic E-state index is -1.89. The van der Waals surface area contributed by atoms with Gasteiger partial charge >= 0.3 is 0 Å². The smallest absolute Gasteiger partial charge is 0.181 e. The molecule has 0 radical (unpaired) electrons. The average molecular weight is 310 g/mol. The summed E-state index contributed by atoms with van der Waals surface area (Å²) in [5.41, 5.74) is -3.75. The van der Waals surface area contributed by atoms with Crippen molar-refractivity contribution >= 4 is 0 Å². The predicted molar refractivity (Wildman–Crippen MR) is 71.1 cm³/mol. The molecule has 0 aromatic carbocycles. The highest BCUT2D eigenvalue weighted by molar-refractivity contribution is 5.01. The molecule has 0 aromatic rings. The maximum atomic E-state index is 10.4. The highest BCUT2D eigenvalue weighted by Gasteiger charge is 2.52. The third kappa shape index (κ3) is 3.72. The molecule has 126 valence electrons. The summed E-state index contributed by atoms with van der Waals surface area (Å²) < 4.78 is 5.06. The average Bonchev–Trinajstić information content (AvgIpc) is 2.35. The fraction of sp³-hybridized carbons (Fsp3) is 1.00. The van der Waals surface area contributed by atoms with E-state index in [-0.39, 0.29) is 12.8 Å². The van der Waals surface area contributed by atoms with Crippen molar-refractivity contribution in [3.63, 3.8) is 0 Å². The lowest BCUT2D eigenvalue weighted by molar-refractivity contribution is -0.301. The Bertz CT molecular complexity index is 345. The van der Waals surface area contributed by atoms with E-state index in [1.165, 1.54) is 20.8 Å². The molecule has 7 N–H and O–H groups in total. The van der Waals surface area contributed by atoms with Crippen molar-refractivity contribution in [2.24, 2.45) is 0 Å². The van der Waals surface area contributed by atoms with Crippen molar-refractivity contribution in [3.8, 4) is 0 Å². The van der Waals surface area contributed by atoms with E-state index in [1.807, 2.05) is 0 Å². The fourth-order valence-corrected chi connectivity index (χ4v) is 2.36. The minimum absolute atomic E-state index is 0.344. The highest BCUT2D eigenvalue weighted by Crippen LogP contribution is 2.35. The number of hydrogen-bond donors (Lipinski definition) is 7. The Hall–Kier alpha value is -0.320. The van der Waals surface area contributed by atoms with Gasteiger partial charge in [-0.15, -0.1) is 0 Å². The quantitative estimate of drug-likeness (QED) is 0.293. The van der Waals surface area contributed by atoms with Crippen molar-refractivity contribution in [1.29, 1.82) is 0 Å². The lowest BCUT2D eigenvalue weighted by Gasteiger charge is -2.47. The Morgan fingerprint density at radius 2 is 1.76 bits per heavy atom. The summed E-state index contributed by atoms with van der Waals surface area (Å²) >= 11 is 0. The van der Waals surface area contributed by atoms with Gasteiger partial charge in [-0.2, -0.15) is 0 Å². The van der Waals surface area contributed by atoms with Gasteiger partial charge in [0.2, 0.25) is 0 Å². The van der Waals surface area contributed by atoms with Gasteiger partial charge in [0, 0.05) is 12.8 Å². The standard InChI is InChI=1S/C13H26O8/c1-6(14)12(3,19)9(17)4-10-13(20,7(2)15)5-8(16)11(18)21-10/h6-11,14-20H,4-5H2,1-3H3/t6-,7+,8+,9-,10-,11-,12-,13+/m0/s1. The van der Waals surface area contributed by atoms with Crippen molar-refractivity contribution in [1.82, 2.24) is 0 Å². The molecule has 8 heteroatoms. The van der Waals surface area contributed by atoms with Crippen LogP contribution in [0.5, 0.6) is 0 Å². The fourth-order valence-electron chi connectivity index (χ4n) is 2.36. The number of aliphatic hydroxyl groups is 7. The van der Waals surface area contributed by atoms with Gasteiger partial charge in [-0.05, 0) is 20.8 Å². The molecule has 1 aliphatic heterocycles. The molecule has 1 rings (SSSR count). The van der Waals surface area contributed by atoms with Crippen molar-refractivity contribution < 1.29 is 40.5 Å². The van der Waals surface area contributed by atoms with Gasteiger partial charge in [-0.25, -0.2) is 0 Å². The Morgan fingerprint density at radius 3 is 2.19 bits per heavy atom. The zero-order chi connectivity index (χ0) is 16.6. The van der Waals surface area contributed by atoms with Gasteiger partial charge in [0.1, 0.15) is 17.3 Å². The van der Waals surface area contributed by atoms with Crippen LogP contribution in [0.2, 0.25) is 0 Å². The molecule has 21 heavy (non-hydrogen) atoms. The number of rotatable bonds is 5. The van der Waals surface area contributed by atoms with Crippen LogP contribution < -0.4 is 0 Å². The molecule has 1 saturated heterocycles. The lowest BCUT2D eigenvalue weighted by Crippen LogP contribution is -2.63. The van der Waals surface area contributed by atoms with Gasteiger partial charge in [0.25, 0.3) is 0 Å². The monoisotopic (exact) mass is 310 g/mol. The van der Waals surface area contributed by atoms with Crippen molar-refractivity contribution in [3.05, 3.63) is 0 Å². The number of hydrogen-bond acceptors (Lipinski definition) is 8. The topological polar surface area (TPSA) is 151 Å². The second-order valence-electron chi connectivity index (χ2n) is 6.11. The SMILES string of the molecule is C[C@H](O)[C@](C)(O)[C@@H](O)C[C@@H]1O[C@H](O)[C@H](O)C[C@@]1(O)[C@@H](C)O. The first-order valence-electron chi connectivity index (χ1n) is 6.93. The molecule has 0 aromatic heterocycles. The highest BCUT2D eigenvalue weighted by atomic mass is 16.6. The summed E-state index contributed by atoms with van der Waals surface area (Å²) in [5, 5.41) is 68.8. The van der Waals surface area contributed by atoms with Crippen LogP contribution in [0, 0.1) is 0 Å². The predicted octanol–water partition coefficient (Wildman–Crippen LogP) is -2.55. The molecular formula is C13H26O8. The molecule has 0 amide bonds. The van der Waals surface area contributed by atoms with Gasteiger partial charge in [-0.3, -0.25) is 0 Å². The van der Waals surface area contributed by atoms with Crippen LogP contribution >= 0.6 is 0 Å². The van der Waals surface area contributed by atoms with E-state index in [2.05, 4.69) is 0 Å². The van der Waals surface area contributed by atoms with Gasteiger partial charge in [0.05, 0.1) is 24.4 Å². The van der Waals surface area contributed by atoms with Crippen molar-refractivity contribution in [2.75, 3.05) is 0 Å². The van der Waals surface area contributed by atoms with Crippen LogP contribution in [0.1, 0.15) is 33.6 Å². The Morgan fingerprint density at radius 1 is 1.24 bits per heavy atom. The number of ether oxygens (including phenoxy) is 1. The summed E-state index contributed by atoms with van der Waals surface area (Å²) in [5.74, 6) is 0. The molecule has 1 fully saturated rings. The normalized spacial score (nSPS) is 41.1. The molecule has 1 heterocycles. The van der Waals surface area contributed by atoms with Crippen molar-refractivity contribution in [2.45, 2.75) is 81.6 Å². The molecule has 0 unspecified atom stereocenters. The maximum absolute atomic E-state index is 10.4. The summed E-state index contributed by atoms with van der Waals surface area (Å²) in [4.78, 5) is 0. The van der Waals surface area contributed by atoms with E-state index in [0.29, 0.717) is 0 Å². The van der Waals surface area contributed by atoms with E-state index in [1.54, 1.807) is 0 Å². The largest absolute Gasteiger partial charge is 0.390 e. The van der Waals surface area contributed by atoms with Crippen LogP contribution in [0.3, 0.4) is 0 Å². The minimum Gasteiger partial charge on any atom is -0.390 e. The molecule has 8 atom stereocenters. The summed E-state index contributed by atoms with van der Waals surface area (Å²) in [6.45, 7) is 3.81. The third-order valence-corrected chi connectivity index (χ3v) is 4.41. The maximum Gasteiger partial charge on any atom is 0.181 e. The van der Waals surface area contributed by atoms with Crippen LogP contribution in [0.15, 0.2) is 0 Å². The van der Waals surface area contributed by atoms with Gasteiger partial charge in [-0.1, -0.05) is 0 Å². The van der Waals surface area contributed by atoms with E-state index in [4.69, 9.17) is 4.74 Å². The molecule has 8 nitrogen and oxygen atoms in total. The molecule has 0 aliphatic carbocycles. The summed E-state index contributed by atoms with van der Waals surface area (Å²) in [7, 11) is 0. The summed E-state index contributed by atoms with van der Waals surface area (Å²) in [6, 6.07) is 0. The second-order valence-corrected chi connectivity index (χ2v) is 6.11. The zero-order valence-corrected chi connectivity index (χ0v) is 12.4. The van der Waals surface area contributed by atoms with Gasteiger partial charge < -0.3 is 40.5 Å². The van der Waals surface area contributed by atoms with Crippen LogP contribution in [0.25, 0.3) is 0 Å². The third-order valence-electron chi connectivity index (χ3n) is 4.41. The number of aliphatic hydroxyl groups excluding tert-OH is 5. The molecule has 0 spiro atoms. The van der Waals surface area contributed by atoms with E-state index >= 15 is 0 Å². The first kappa shape index (κ1) is 18.7. The second kappa shape index (κ2) is 6.43. The Kier molecular flexibility index (Phi) is 5.73. The molecule has 0 bridgehead atoms. The lowest BCUT2D eigenvalue weighted by atomic mass is 9.78. The Labute approximate surface area is 123 Å². The van der Waals surface area contributed by atoms with Crippen LogP contribution in [-0.2, 0) is 4.74 Å². The van der Waals surface area contributed by atoms with Crippen LogP contribution in [-0.4, -0.2) is 83.8 Å². The van der Waals surface area contributed by atoms with Crippen LogP contribution in [0.4, 0.5) is 0 Å². The zero-order valence-electron chi connectivity index (χ0n) is 12.4. The van der Waals surface area contributed by atoms with E-state index in [0.717, 1.165) is 0 Å². The first-order valence-corrected chi connectivity index (χ1v) is 6.93. The van der Waals surface area contributed by atoms with E-state index in [9.17, 15) is 35.7 Å². The molecular weight excluding hydrogens is 284 g/mol. The van der Waals surface area contributed by atoms with E-state index < -0.39 is 48.0 Å². The molecule has 0 saturated carbocycles. The summed E-state index contributed by atoms with van der Waals surface area (Å²) in [6.07, 6.45) is -8.89. The first-order chi connectivity index (χ1) is 9.42. The van der Waals surface area contributed by atoms with Gasteiger partial charge in [0.15, 0.2) is 6.29 Å².